The van der Waals surface area contributed by atoms with Gasteiger partial charge in [-0.2, -0.15) is 5.10 Å². The molecule has 1 amide bonds. The number of ether oxygens (including phenoxy) is 4. The van der Waals surface area contributed by atoms with Gasteiger partial charge >= 0.3 is 0 Å². The van der Waals surface area contributed by atoms with Crippen molar-refractivity contribution in [2.45, 2.75) is 19.6 Å². The van der Waals surface area contributed by atoms with Crippen LogP contribution in [0.25, 0.3) is 0 Å². The summed E-state index contributed by atoms with van der Waals surface area (Å²) in [6.07, 6.45) is 2.98. The fourth-order valence-corrected chi connectivity index (χ4v) is 2.29. The summed E-state index contributed by atoms with van der Waals surface area (Å²) in [6.45, 7) is 3.98. The van der Waals surface area contributed by atoms with Crippen molar-refractivity contribution in [1.82, 2.24) is 15.1 Å². The van der Waals surface area contributed by atoms with E-state index in [-0.39, 0.29) is 12.7 Å². The first-order valence-electron chi connectivity index (χ1n) is 8.11. The molecule has 8 nitrogen and oxygen atoms in total. The van der Waals surface area contributed by atoms with E-state index in [1.807, 2.05) is 12.3 Å². The predicted molar refractivity (Wildman–Crippen MR) is 88.7 cm³/mol. The van der Waals surface area contributed by atoms with Crippen LogP contribution in [0.15, 0.2) is 36.7 Å². The van der Waals surface area contributed by atoms with E-state index in [0.717, 1.165) is 0 Å². The monoisotopic (exact) mass is 347 g/mol. The molecule has 1 aliphatic rings. The third kappa shape index (κ3) is 4.87. The Morgan fingerprint density at radius 1 is 1.36 bits per heavy atom. The van der Waals surface area contributed by atoms with Crippen LogP contribution in [0.2, 0.25) is 0 Å². The number of fused-ring (bicyclic) bond motifs is 1. The average molecular weight is 347 g/mol. The molecule has 1 N–H and O–H groups in total. The van der Waals surface area contributed by atoms with Gasteiger partial charge in [0, 0.05) is 25.0 Å². The van der Waals surface area contributed by atoms with Gasteiger partial charge in [0.15, 0.2) is 17.6 Å². The number of benzene rings is 1. The summed E-state index contributed by atoms with van der Waals surface area (Å²) in [5, 5.41) is 6.86. The number of rotatable bonds is 9. The van der Waals surface area contributed by atoms with E-state index in [9.17, 15) is 4.79 Å². The minimum atomic E-state index is -0.621. The Hall–Kier alpha value is -2.74. The summed E-state index contributed by atoms with van der Waals surface area (Å²) >= 11 is 0. The molecule has 0 saturated heterocycles. The van der Waals surface area contributed by atoms with Crippen molar-refractivity contribution >= 4 is 5.91 Å². The van der Waals surface area contributed by atoms with Gasteiger partial charge in [0.05, 0.1) is 19.8 Å². The van der Waals surface area contributed by atoms with Crippen LogP contribution in [0.4, 0.5) is 0 Å². The fourth-order valence-electron chi connectivity index (χ4n) is 2.29. The molecule has 25 heavy (non-hydrogen) atoms. The highest BCUT2D eigenvalue weighted by Crippen LogP contribution is 2.35. The van der Waals surface area contributed by atoms with Gasteiger partial charge < -0.3 is 24.3 Å². The molecule has 0 spiro atoms. The van der Waals surface area contributed by atoms with Crippen LogP contribution in [-0.2, 0) is 16.1 Å². The second kappa shape index (κ2) is 8.39. The van der Waals surface area contributed by atoms with E-state index in [4.69, 9.17) is 18.9 Å². The molecule has 0 saturated carbocycles. The summed E-state index contributed by atoms with van der Waals surface area (Å²) in [4.78, 5) is 12.0. The van der Waals surface area contributed by atoms with Gasteiger partial charge in [-0.15, -0.1) is 0 Å². The van der Waals surface area contributed by atoms with E-state index < -0.39 is 6.10 Å². The van der Waals surface area contributed by atoms with Crippen LogP contribution in [-0.4, -0.2) is 48.3 Å². The maximum atomic E-state index is 12.0. The molecule has 0 fully saturated rings. The predicted octanol–water partition coefficient (Wildman–Crippen LogP) is 1.21. The van der Waals surface area contributed by atoms with E-state index >= 15 is 0 Å². The second-order valence-corrected chi connectivity index (χ2v) is 5.45. The van der Waals surface area contributed by atoms with Gasteiger partial charge in [0.25, 0.3) is 5.91 Å². The molecule has 2 heterocycles. The van der Waals surface area contributed by atoms with Gasteiger partial charge in [0.2, 0.25) is 6.79 Å². The quantitative estimate of drug-likeness (QED) is 0.687. The summed E-state index contributed by atoms with van der Waals surface area (Å²) in [7, 11) is 0. The van der Waals surface area contributed by atoms with Crippen LogP contribution in [0.1, 0.15) is 6.92 Å². The molecule has 3 rings (SSSR count). The number of carbonyl (C=O) groups excluding carboxylic acids is 1. The molecule has 134 valence electrons. The smallest absolute Gasteiger partial charge is 0.260 e. The van der Waals surface area contributed by atoms with Crippen molar-refractivity contribution in [2.75, 3.05) is 26.6 Å². The molecule has 1 aromatic carbocycles. The molecular formula is C17H21N3O5. The first-order chi connectivity index (χ1) is 12.2. The Balaban J connectivity index is 1.32. The zero-order valence-corrected chi connectivity index (χ0v) is 14.0. The van der Waals surface area contributed by atoms with Gasteiger partial charge in [0.1, 0.15) is 5.75 Å². The number of nitrogens with zero attached hydrogens (tertiary/aromatic N) is 2. The van der Waals surface area contributed by atoms with Crippen LogP contribution in [0.3, 0.4) is 0 Å². The number of hydrogen-bond acceptors (Lipinski definition) is 6. The summed E-state index contributed by atoms with van der Waals surface area (Å²) in [6, 6.07) is 7.08. The lowest BCUT2D eigenvalue weighted by Crippen LogP contribution is -2.38. The van der Waals surface area contributed by atoms with Crippen molar-refractivity contribution in [1.29, 1.82) is 0 Å². The lowest BCUT2D eigenvalue weighted by molar-refractivity contribution is -0.127. The largest absolute Gasteiger partial charge is 0.481 e. The van der Waals surface area contributed by atoms with Crippen LogP contribution in [0, 0.1) is 0 Å². The van der Waals surface area contributed by atoms with Crippen molar-refractivity contribution in [3.05, 3.63) is 36.7 Å². The number of carbonyl (C=O) groups is 1. The highest BCUT2D eigenvalue weighted by Gasteiger charge is 2.17. The molecule has 0 aliphatic carbocycles. The zero-order valence-electron chi connectivity index (χ0n) is 14.0. The summed E-state index contributed by atoms with van der Waals surface area (Å²) < 4.78 is 23.4. The molecule has 8 heteroatoms. The normalized spacial score (nSPS) is 13.5. The lowest BCUT2D eigenvalue weighted by atomic mass is 10.3. The fraction of sp³-hybridized carbons (Fsp3) is 0.412. The van der Waals surface area contributed by atoms with Crippen LogP contribution in [0.5, 0.6) is 17.2 Å². The Kier molecular flexibility index (Phi) is 5.73. The van der Waals surface area contributed by atoms with Crippen molar-refractivity contribution < 1.29 is 23.7 Å². The minimum absolute atomic E-state index is 0.201. The van der Waals surface area contributed by atoms with Gasteiger partial charge in [-0.3, -0.25) is 9.48 Å². The maximum Gasteiger partial charge on any atom is 0.260 e. The third-order valence-corrected chi connectivity index (χ3v) is 3.60. The zero-order chi connectivity index (χ0) is 17.5. The van der Waals surface area contributed by atoms with E-state index in [1.54, 1.807) is 36.0 Å². The maximum absolute atomic E-state index is 12.0. The average Bonchev–Trinajstić information content (AvgIpc) is 3.28. The number of aromatic nitrogens is 2. The standard InChI is InChI=1S/C17H21N3O5/c1-13(25-14-3-4-15-16(11-14)24-12-23-15)17(21)18-6-9-22-10-8-20-7-2-5-19-20/h2-5,7,11,13H,6,8-10,12H2,1H3,(H,18,21). The van der Waals surface area contributed by atoms with E-state index in [1.165, 1.54) is 0 Å². The topological polar surface area (TPSA) is 83.8 Å². The Labute approximate surface area is 145 Å². The Bertz CT molecular complexity index is 690. The summed E-state index contributed by atoms with van der Waals surface area (Å²) in [5.41, 5.74) is 0. The number of nitrogens with one attached hydrogen (secondary N) is 1. The molecule has 1 atom stereocenters. The first kappa shape index (κ1) is 17.1. The molecule has 1 aliphatic heterocycles. The van der Waals surface area contributed by atoms with E-state index in [2.05, 4.69) is 10.4 Å². The molecule has 1 aromatic heterocycles. The highest BCUT2D eigenvalue weighted by atomic mass is 16.7. The third-order valence-electron chi connectivity index (χ3n) is 3.60. The van der Waals surface area contributed by atoms with Gasteiger partial charge in [-0.05, 0) is 25.1 Å². The van der Waals surface area contributed by atoms with Gasteiger partial charge in [-0.25, -0.2) is 0 Å². The Morgan fingerprint density at radius 2 is 2.24 bits per heavy atom. The summed E-state index contributed by atoms with van der Waals surface area (Å²) in [5.74, 6) is 1.66. The van der Waals surface area contributed by atoms with Crippen LogP contribution < -0.4 is 19.5 Å². The molecular weight excluding hydrogens is 326 g/mol. The van der Waals surface area contributed by atoms with Crippen LogP contribution >= 0.6 is 0 Å². The number of amides is 1. The van der Waals surface area contributed by atoms with Crippen molar-refractivity contribution in [3.63, 3.8) is 0 Å². The van der Waals surface area contributed by atoms with E-state index in [0.29, 0.717) is 43.6 Å². The van der Waals surface area contributed by atoms with Gasteiger partial charge in [-0.1, -0.05) is 0 Å². The Morgan fingerprint density at radius 3 is 3.08 bits per heavy atom. The van der Waals surface area contributed by atoms with Crippen molar-refractivity contribution in [2.24, 2.45) is 0 Å². The highest BCUT2D eigenvalue weighted by molar-refractivity contribution is 5.80. The van der Waals surface area contributed by atoms with Crippen molar-refractivity contribution in [3.8, 4) is 17.2 Å². The first-order valence-corrected chi connectivity index (χ1v) is 8.11. The SMILES string of the molecule is CC(Oc1ccc2c(c1)OCO2)C(=O)NCCOCCn1cccn1. The molecule has 2 aromatic rings. The molecule has 1 unspecified atom stereocenters. The minimum Gasteiger partial charge on any atom is -0.481 e. The second-order valence-electron chi connectivity index (χ2n) is 5.45. The molecule has 0 radical (unpaired) electrons. The lowest BCUT2D eigenvalue weighted by Gasteiger charge is -2.15. The molecule has 0 bridgehead atoms. The number of hydrogen-bond donors (Lipinski definition) is 1.